The lowest BCUT2D eigenvalue weighted by Crippen LogP contribution is -2.32. The molecule has 0 aliphatic rings. The molecule has 0 aliphatic carbocycles. The second-order valence-corrected chi connectivity index (χ2v) is 5.30. The van der Waals surface area contributed by atoms with Crippen LogP contribution in [0.3, 0.4) is 0 Å². The highest BCUT2D eigenvalue weighted by atomic mass is 32.2. The van der Waals surface area contributed by atoms with Crippen LogP contribution >= 0.6 is 0 Å². The lowest BCUT2D eigenvalue weighted by molar-refractivity contribution is -0.134. The molecule has 0 spiro atoms. The molecule has 1 aromatic rings. The van der Waals surface area contributed by atoms with E-state index < -0.39 is 33.6 Å². The van der Waals surface area contributed by atoms with Crippen molar-refractivity contribution in [3.05, 3.63) is 35.6 Å². The second-order valence-electron chi connectivity index (χ2n) is 3.54. The molecular weight excluding hydrogens is 249 g/mol. The van der Waals surface area contributed by atoms with Crippen molar-refractivity contribution in [3.63, 3.8) is 0 Å². The van der Waals surface area contributed by atoms with E-state index in [1.807, 2.05) is 0 Å². The second kappa shape index (κ2) is 5.24. The minimum Gasteiger partial charge on any atom is -0.480 e. The van der Waals surface area contributed by atoms with Gasteiger partial charge in [-0.1, -0.05) is 12.1 Å². The van der Waals surface area contributed by atoms with E-state index in [4.69, 9.17) is 5.11 Å². The van der Waals surface area contributed by atoms with Gasteiger partial charge < -0.3 is 5.11 Å². The molecule has 0 amide bonds. The molecule has 2 N–H and O–H groups in total. The molecule has 0 saturated carbocycles. The molecule has 0 radical (unpaired) electrons. The van der Waals surface area contributed by atoms with Crippen molar-refractivity contribution < 1.29 is 22.7 Å². The van der Waals surface area contributed by atoms with Crippen LogP contribution in [-0.4, -0.2) is 25.2 Å². The number of aliphatic carboxylic acids is 1. The fourth-order valence-corrected chi connectivity index (χ4v) is 2.38. The summed E-state index contributed by atoms with van der Waals surface area (Å²) < 4.78 is 37.5. The number of halogens is 1. The summed E-state index contributed by atoms with van der Waals surface area (Å²) in [5.41, 5.74) is 0.556. The number of nitrogens with one attached hydrogen (secondary N) is 1. The first-order valence-electron chi connectivity index (χ1n) is 4.77. The Hall–Kier alpha value is -1.47. The Morgan fingerprint density at radius 1 is 1.41 bits per heavy atom. The number of carboxylic acid groups (broad SMARTS) is 1. The van der Waals surface area contributed by atoms with E-state index in [2.05, 4.69) is 4.72 Å². The van der Waals surface area contributed by atoms with Gasteiger partial charge in [-0.05, 0) is 24.6 Å². The minimum absolute atomic E-state index is 0.422. The molecule has 0 unspecified atom stereocenters. The van der Waals surface area contributed by atoms with E-state index in [0.29, 0.717) is 5.56 Å². The van der Waals surface area contributed by atoms with Gasteiger partial charge in [0.1, 0.15) is 5.82 Å². The van der Waals surface area contributed by atoms with Crippen molar-refractivity contribution in [2.24, 2.45) is 0 Å². The van der Waals surface area contributed by atoms with Gasteiger partial charge in [-0.3, -0.25) is 4.79 Å². The third kappa shape index (κ3) is 4.49. The summed E-state index contributed by atoms with van der Waals surface area (Å²) in [7, 11) is -3.88. The van der Waals surface area contributed by atoms with Gasteiger partial charge in [-0.15, -0.1) is 0 Å². The van der Waals surface area contributed by atoms with Crippen LogP contribution in [0, 0.1) is 5.82 Å². The van der Waals surface area contributed by atoms with Crippen LogP contribution in [0.25, 0.3) is 0 Å². The average Bonchev–Trinajstić information content (AvgIpc) is 2.15. The fraction of sp³-hybridized carbons (Fsp3) is 0.300. The van der Waals surface area contributed by atoms with E-state index in [0.717, 1.165) is 0 Å². The maximum Gasteiger partial charge on any atom is 0.320 e. The first-order valence-corrected chi connectivity index (χ1v) is 6.42. The van der Waals surface area contributed by atoms with Crippen LogP contribution in [0.2, 0.25) is 0 Å². The Balaban J connectivity index is 2.75. The Morgan fingerprint density at radius 2 is 1.94 bits per heavy atom. The molecule has 1 atom stereocenters. The highest BCUT2D eigenvalue weighted by Crippen LogP contribution is 2.13. The molecule has 1 rings (SSSR count). The van der Waals surface area contributed by atoms with Crippen LogP contribution in [-0.2, 0) is 14.8 Å². The van der Waals surface area contributed by atoms with Gasteiger partial charge >= 0.3 is 5.97 Å². The number of hydrogen-bond acceptors (Lipinski definition) is 3. The molecule has 0 fully saturated rings. The zero-order chi connectivity index (χ0) is 13.1. The molecule has 0 aliphatic heterocycles. The van der Waals surface area contributed by atoms with Gasteiger partial charge in [0, 0.05) is 6.04 Å². The van der Waals surface area contributed by atoms with Crippen LogP contribution < -0.4 is 4.72 Å². The zero-order valence-electron chi connectivity index (χ0n) is 9.05. The molecule has 94 valence electrons. The molecule has 17 heavy (non-hydrogen) atoms. The average molecular weight is 261 g/mol. The van der Waals surface area contributed by atoms with Gasteiger partial charge in [-0.2, -0.15) is 0 Å². The molecule has 7 heteroatoms. The summed E-state index contributed by atoms with van der Waals surface area (Å²) in [5, 5.41) is 8.40. The predicted octanol–water partition coefficient (Wildman–Crippen LogP) is 0.891. The summed E-state index contributed by atoms with van der Waals surface area (Å²) in [6.45, 7) is 1.55. The van der Waals surface area contributed by atoms with Crippen molar-refractivity contribution in [2.75, 3.05) is 5.75 Å². The number of rotatable bonds is 5. The summed E-state index contributed by atoms with van der Waals surface area (Å²) in [5.74, 6) is -2.84. The highest BCUT2D eigenvalue weighted by molar-refractivity contribution is 7.90. The molecule has 0 heterocycles. The Kier molecular flexibility index (Phi) is 4.19. The van der Waals surface area contributed by atoms with Crippen molar-refractivity contribution >= 4 is 16.0 Å². The van der Waals surface area contributed by atoms with Gasteiger partial charge in [-0.25, -0.2) is 17.5 Å². The van der Waals surface area contributed by atoms with E-state index in [9.17, 15) is 17.6 Å². The number of carbonyl (C=O) groups is 1. The summed E-state index contributed by atoms with van der Waals surface area (Å²) in [6.07, 6.45) is 0. The number of carboxylic acids is 1. The molecule has 0 aromatic heterocycles. The molecule has 0 saturated heterocycles. The Labute approximate surface area is 98.3 Å². The Bertz CT molecular complexity index is 498. The van der Waals surface area contributed by atoms with E-state index in [-0.39, 0.29) is 0 Å². The lowest BCUT2D eigenvalue weighted by Gasteiger charge is -2.13. The molecule has 5 nitrogen and oxygen atoms in total. The van der Waals surface area contributed by atoms with Crippen LogP contribution in [0.15, 0.2) is 24.3 Å². The van der Waals surface area contributed by atoms with Gasteiger partial charge in [0.2, 0.25) is 10.0 Å². The standard InChI is InChI=1S/C10H12FNO4S/c1-7(8-2-4-9(11)5-3-8)12-17(15,16)6-10(13)14/h2-5,7,12H,6H2,1H3,(H,13,14)/t7-/m0/s1. The van der Waals surface area contributed by atoms with Crippen LogP contribution in [0.1, 0.15) is 18.5 Å². The highest BCUT2D eigenvalue weighted by Gasteiger charge is 2.19. The molecular formula is C10H12FNO4S. The van der Waals surface area contributed by atoms with Crippen molar-refractivity contribution in [2.45, 2.75) is 13.0 Å². The maximum absolute atomic E-state index is 12.6. The summed E-state index contributed by atoms with van der Waals surface area (Å²) >= 11 is 0. The Morgan fingerprint density at radius 3 is 2.41 bits per heavy atom. The quantitative estimate of drug-likeness (QED) is 0.824. The number of sulfonamides is 1. The zero-order valence-corrected chi connectivity index (χ0v) is 9.87. The molecule has 0 bridgehead atoms. The normalized spacial score (nSPS) is 13.3. The smallest absolute Gasteiger partial charge is 0.320 e. The van der Waals surface area contributed by atoms with Gasteiger partial charge in [0.05, 0.1) is 0 Å². The van der Waals surface area contributed by atoms with Gasteiger partial charge in [0.25, 0.3) is 0 Å². The summed E-state index contributed by atoms with van der Waals surface area (Å²) in [6, 6.07) is 4.67. The maximum atomic E-state index is 12.6. The van der Waals surface area contributed by atoms with Crippen molar-refractivity contribution in [1.29, 1.82) is 0 Å². The van der Waals surface area contributed by atoms with Crippen LogP contribution in [0.5, 0.6) is 0 Å². The fourth-order valence-electron chi connectivity index (χ4n) is 1.29. The summed E-state index contributed by atoms with van der Waals surface area (Å²) in [4.78, 5) is 10.3. The minimum atomic E-state index is -3.88. The van der Waals surface area contributed by atoms with Crippen molar-refractivity contribution in [1.82, 2.24) is 4.72 Å². The SMILES string of the molecule is C[C@H](NS(=O)(=O)CC(=O)O)c1ccc(F)cc1. The van der Waals surface area contributed by atoms with E-state index in [1.54, 1.807) is 6.92 Å². The third-order valence-electron chi connectivity index (χ3n) is 2.04. The third-order valence-corrected chi connectivity index (χ3v) is 3.38. The topological polar surface area (TPSA) is 83.5 Å². The lowest BCUT2D eigenvalue weighted by atomic mass is 10.1. The first kappa shape index (κ1) is 13.6. The van der Waals surface area contributed by atoms with Crippen LogP contribution in [0.4, 0.5) is 4.39 Å². The van der Waals surface area contributed by atoms with Gasteiger partial charge in [0.15, 0.2) is 5.75 Å². The molecule has 1 aromatic carbocycles. The van der Waals surface area contributed by atoms with E-state index in [1.165, 1.54) is 24.3 Å². The first-order chi connectivity index (χ1) is 7.80. The van der Waals surface area contributed by atoms with E-state index >= 15 is 0 Å². The monoisotopic (exact) mass is 261 g/mol. The predicted molar refractivity (Wildman–Crippen MR) is 59.4 cm³/mol. The number of hydrogen-bond donors (Lipinski definition) is 2. The van der Waals surface area contributed by atoms with Crippen molar-refractivity contribution in [3.8, 4) is 0 Å². The number of benzene rings is 1. The largest absolute Gasteiger partial charge is 0.480 e.